The first kappa shape index (κ1) is 50.2. The molecule has 0 aromatic carbocycles. The zero-order chi connectivity index (χ0) is 48.2. The number of esters is 1. The van der Waals surface area contributed by atoms with Crippen molar-refractivity contribution in [2.45, 2.75) is 162 Å². The molecule has 5 saturated carbocycles. The van der Waals surface area contributed by atoms with Crippen molar-refractivity contribution in [3.05, 3.63) is 35.4 Å². The summed E-state index contributed by atoms with van der Waals surface area (Å²) >= 11 is 3.23. The largest absolute Gasteiger partial charge is 0.481 e. The Morgan fingerprint density at radius 2 is 1.58 bits per heavy atom. The number of nitrogens with zero attached hydrogens (tertiary/aromatic N) is 5. The fraction of sp³-hybridized carbons (Fsp3) is 0.725. The molecule has 2 aromatic rings. The Balaban J connectivity index is 0.859. The predicted molar refractivity (Wildman–Crippen MR) is 260 cm³/mol. The number of aromatic nitrogens is 2. The van der Waals surface area contributed by atoms with Gasteiger partial charge in [0.1, 0.15) is 27.8 Å². The van der Waals surface area contributed by atoms with E-state index in [2.05, 4.69) is 22.0 Å². The second-order valence-corrected chi connectivity index (χ2v) is 23.3. The zero-order valence-electron chi connectivity index (χ0n) is 40.2. The van der Waals surface area contributed by atoms with Crippen molar-refractivity contribution in [2.24, 2.45) is 29.6 Å². The molecule has 3 aliphatic heterocycles. The van der Waals surface area contributed by atoms with Crippen LogP contribution in [-0.4, -0.2) is 132 Å². The van der Waals surface area contributed by atoms with E-state index in [0.717, 1.165) is 70.0 Å². The van der Waals surface area contributed by atoms with E-state index in [1.165, 1.54) is 6.42 Å². The van der Waals surface area contributed by atoms with Crippen LogP contribution in [0.2, 0.25) is 0 Å². The summed E-state index contributed by atoms with van der Waals surface area (Å²) in [4.78, 5) is 70.7. The SMILES string of the molecule is CCCSc1nc(N2CCCC(OC(=O)C(CC(=O)O)[C@@H]3CCN(c4ccc(C(=O)NC5C6CC7CC5CC(OC(F)F)(C7)C6)c(SC5CCCCC5)n4)C3)C2)ccc1C(=O)N(C)C1CCOCC1. The number of halogens is 2. The summed E-state index contributed by atoms with van der Waals surface area (Å²) in [5.41, 5.74) is 0.302. The van der Waals surface area contributed by atoms with Gasteiger partial charge in [-0.1, -0.05) is 26.2 Å². The molecule has 8 fully saturated rings. The lowest BCUT2D eigenvalue weighted by molar-refractivity contribution is -0.260. The van der Waals surface area contributed by atoms with Gasteiger partial charge in [-0.3, -0.25) is 19.2 Å². The summed E-state index contributed by atoms with van der Waals surface area (Å²) in [5, 5.41) is 15.1. The molecule has 2 amide bonds. The van der Waals surface area contributed by atoms with Crippen LogP contribution in [0.25, 0.3) is 0 Å². The van der Waals surface area contributed by atoms with Gasteiger partial charge in [-0.15, -0.1) is 23.5 Å². The minimum atomic E-state index is -2.80. The number of anilines is 2. The van der Waals surface area contributed by atoms with Gasteiger partial charge in [-0.05, 0) is 137 Å². The van der Waals surface area contributed by atoms with Crippen LogP contribution in [0.4, 0.5) is 20.4 Å². The van der Waals surface area contributed by atoms with Gasteiger partial charge < -0.3 is 39.3 Å². The van der Waals surface area contributed by atoms with Crippen molar-refractivity contribution in [1.82, 2.24) is 20.2 Å². The Morgan fingerprint density at radius 1 is 0.884 bits per heavy atom. The Morgan fingerprint density at radius 3 is 2.28 bits per heavy atom. The fourth-order valence-electron chi connectivity index (χ4n) is 12.9. The molecule has 0 radical (unpaired) electrons. The van der Waals surface area contributed by atoms with Crippen molar-refractivity contribution >= 4 is 58.9 Å². The Hall–Kier alpha value is -3.74. The molecule has 5 heterocycles. The highest BCUT2D eigenvalue weighted by atomic mass is 32.2. The molecule has 18 heteroatoms. The Bertz CT molecular complexity index is 2140. The molecular formula is C51H70F2N6O8S2. The maximum absolute atomic E-state index is 14.3. The quantitative estimate of drug-likeness (QED) is 0.108. The Kier molecular flexibility index (Phi) is 16.3. The lowest BCUT2D eigenvalue weighted by Crippen LogP contribution is -2.62. The van der Waals surface area contributed by atoms with Gasteiger partial charge in [0.2, 0.25) is 0 Å². The maximum Gasteiger partial charge on any atom is 0.345 e. The van der Waals surface area contributed by atoms with Crippen LogP contribution in [0.15, 0.2) is 34.3 Å². The second-order valence-electron chi connectivity index (χ2n) is 20.9. The standard InChI is InChI=1S/C51H70F2N6O8S2/c1-3-22-68-46-39(48(63)57(2)35-16-20-65-21-17-35)12-14-41(54-46)58-18-7-8-36(30-58)66-49(64)40(25-43(60)61)32-15-19-59(29-32)42-13-11-38(47(55-42)69-37-9-5-4-6-10-37)45(62)56-44-33-23-31-24-34(44)28-51(26-31,27-33)67-50(52)53/h11-14,31-37,40,44,50H,3-10,15-30H2,1-2H3,(H,56,62)(H,60,61)/t31?,32-,33?,34?,36?,40?,44?,51?/m1/s1. The molecule has 378 valence electrons. The first-order valence-electron chi connectivity index (χ1n) is 25.7. The van der Waals surface area contributed by atoms with Gasteiger partial charge in [0.25, 0.3) is 11.8 Å². The summed E-state index contributed by atoms with van der Waals surface area (Å²) in [5.74, 6) is -0.208. The number of rotatable bonds is 18. The van der Waals surface area contributed by atoms with E-state index in [1.54, 1.807) is 23.5 Å². The van der Waals surface area contributed by atoms with Crippen LogP contribution < -0.4 is 15.1 Å². The number of carboxylic acid groups (broad SMARTS) is 1. The van der Waals surface area contributed by atoms with Crippen LogP contribution in [0, 0.1) is 29.6 Å². The van der Waals surface area contributed by atoms with Crippen LogP contribution in [0.3, 0.4) is 0 Å². The first-order valence-corrected chi connectivity index (χ1v) is 27.6. The molecule has 0 spiro atoms. The molecule has 5 atom stereocenters. The molecular weight excluding hydrogens is 927 g/mol. The van der Waals surface area contributed by atoms with Gasteiger partial charge in [-0.25, -0.2) is 9.97 Å². The predicted octanol–water partition coefficient (Wildman–Crippen LogP) is 8.70. The highest BCUT2D eigenvalue weighted by Gasteiger charge is 2.57. The average Bonchev–Trinajstić information content (AvgIpc) is 3.83. The number of amides is 2. The molecule has 10 rings (SSSR count). The highest BCUT2D eigenvalue weighted by molar-refractivity contribution is 8.00. The third-order valence-electron chi connectivity index (χ3n) is 16.2. The van der Waals surface area contributed by atoms with E-state index in [1.807, 2.05) is 36.2 Å². The molecule has 4 unspecified atom stereocenters. The topological polar surface area (TPSA) is 164 Å². The van der Waals surface area contributed by atoms with Gasteiger partial charge in [0.05, 0.1) is 35.6 Å². The van der Waals surface area contributed by atoms with Crippen LogP contribution in [0.1, 0.15) is 137 Å². The van der Waals surface area contributed by atoms with Crippen LogP contribution in [0.5, 0.6) is 0 Å². The minimum Gasteiger partial charge on any atom is -0.481 e. The second kappa shape index (κ2) is 22.4. The van der Waals surface area contributed by atoms with Gasteiger partial charge >= 0.3 is 18.6 Å². The van der Waals surface area contributed by atoms with E-state index in [-0.39, 0.29) is 48.1 Å². The molecule has 69 heavy (non-hydrogen) atoms. The number of nitrogens with one attached hydrogen (secondary N) is 1. The van der Waals surface area contributed by atoms with Crippen molar-refractivity contribution in [3.8, 4) is 0 Å². The number of piperidine rings is 1. The monoisotopic (exact) mass is 996 g/mol. The number of pyridine rings is 2. The molecule has 14 nitrogen and oxygen atoms in total. The maximum atomic E-state index is 14.3. The molecule has 2 N–H and O–H groups in total. The third-order valence-corrected chi connectivity index (χ3v) is 18.7. The number of hydrogen-bond donors (Lipinski definition) is 2. The van der Waals surface area contributed by atoms with Gasteiger partial charge in [-0.2, -0.15) is 8.78 Å². The van der Waals surface area contributed by atoms with E-state index >= 15 is 0 Å². The van der Waals surface area contributed by atoms with Gasteiger partial charge in [0, 0.05) is 57.2 Å². The van der Waals surface area contributed by atoms with E-state index in [0.29, 0.717) is 115 Å². The number of carboxylic acids is 1. The lowest BCUT2D eigenvalue weighted by atomic mass is 9.52. The summed E-state index contributed by atoms with van der Waals surface area (Å²) in [6.07, 6.45) is 12.8. The number of alkyl halides is 2. The number of aliphatic carboxylic acids is 1. The zero-order valence-corrected chi connectivity index (χ0v) is 41.8. The van der Waals surface area contributed by atoms with E-state index in [9.17, 15) is 33.1 Å². The normalized spacial score (nSPS) is 28.8. The van der Waals surface area contributed by atoms with Crippen molar-refractivity contribution in [2.75, 3.05) is 62.0 Å². The average molecular weight is 997 g/mol. The van der Waals surface area contributed by atoms with Gasteiger partial charge in [0.15, 0.2) is 0 Å². The minimum absolute atomic E-state index is 0.0507. The van der Waals surface area contributed by atoms with Crippen LogP contribution in [-0.2, 0) is 23.8 Å². The molecule has 3 saturated heterocycles. The van der Waals surface area contributed by atoms with E-state index in [4.69, 9.17) is 24.2 Å². The summed E-state index contributed by atoms with van der Waals surface area (Å²) < 4.78 is 44.0. The number of ether oxygens (including phenoxy) is 3. The Labute approximate surface area is 413 Å². The molecule has 2 aromatic heterocycles. The van der Waals surface area contributed by atoms with Crippen molar-refractivity contribution in [1.29, 1.82) is 0 Å². The highest BCUT2D eigenvalue weighted by Crippen LogP contribution is 2.57. The smallest absolute Gasteiger partial charge is 0.345 e. The number of carbonyl (C=O) groups is 4. The number of hydrogen-bond acceptors (Lipinski definition) is 13. The van der Waals surface area contributed by atoms with E-state index < -0.39 is 36.2 Å². The summed E-state index contributed by atoms with van der Waals surface area (Å²) in [7, 11) is 1.86. The molecule has 5 aliphatic carbocycles. The fourth-order valence-corrected chi connectivity index (χ4v) is 15.1. The molecule has 4 bridgehead atoms. The first-order chi connectivity index (χ1) is 33.3. The molecule has 8 aliphatic rings. The summed E-state index contributed by atoms with van der Waals surface area (Å²) in [6.45, 7) is 2.68. The van der Waals surface area contributed by atoms with Crippen LogP contribution >= 0.6 is 23.5 Å². The van der Waals surface area contributed by atoms with Crippen molar-refractivity contribution in [3.63, 3.8) is 0 Å². The third kappa shape index (κ3) is 11.8. The number of carbonyl (C=O) groups excluding carboxylic acids is 3. The van der Waals surface area contributed by atoms with Crippen molar-refractivity contribution < 1.29 is 47.3 Å². The lowest BCUT2D eigenvalue weighted by Gasteiger charge is -2.59. The summed E-state index contributed by atoms with van der Waals surface area (Å²) in [6, 6.07) is 7.48. The number of thioether (sulfide) groups is 2.